The molecule has 1 rings (SSSR count). The molecule has 0 aliphatic rings. The van der Waals surface area contributed by atoms with Gasteiger partial charge in [0, 0.05) is 18.2 Å². The van der Waals surface area contributed by atoms with Gasteiger partial charge in [0.25, 0.3) is 0 Å². The molecule has 0 unspecified atom stereocenters. The minimum absolute atomic E-state index is 0.209. The lowest BCUT2D eigenvalue weighted by molar-refractivity contribution is 0.108. The fraction of sp³-hybridized carbons (Fsp3) is 0.500. The summed E-state index contributed by atoms with van der Waals surface area (Å²) in [7, 11) is 0. The summed E-state index contributed by atoms with van der Waals surface area (Å²) in [5.74, 6) is 0.304. The van der Waals surface area contributed by atoms with Gasteiger partial charge in [0.2, 0.25) is 9.67 Å². The molecule has 1 aromatic rings. The lowest BCUT2D eigenvalue weighted by atomic mass is 10.3. The number of alkyl halides is 3. The number of halogens is 4. The third-order valence-electron chi connectivity index (χ3n) is 1.78. The smallest absolute Gasteiger partial charge is 0.216 e. The van der Waals surface area contributed by atoms with Crippen molar-refractivity contribution in [2.24, 2.45) is 0 Å². The molecule has 17 heavy (non-hydrogen) atoms. The van der Waals surface area contributed by atoms with Crippen LogP contribution in [0, 0.1) is 0 Å². The van der Waals surface area contributed by atoms with Gasteiger partial charge in [-0.25, -0.2) is 4.98 Å². The lowest BCUT2D eigenvalue weighted by Gasteiger charge is -2.13. The van der Waals surface area contributed by atoms with Gasteiger partial charge in [-0.05, 0) is 13.0 Å². The number of rotatable bonds is 5. The Balaban J connectivity index is 2.69. The predicted molar refractivity (Wildman–Crippen MR) is 70.5 cm³/mol. The Bertz CT molecular complexity index is 368. The highest BCUT2D eigenvalue weighted by molar-refractivity contribution is 6.66. The van der Waals surface area contributed by atoms with E-state index in [1.807, 2.05) is 6.92 Å². The van der Waals surface area contributed by atoms with E-state index in [9.17, 15) is 0 Å². The van der Waals surface area contributed by atoms with Crippen LogP contribution in [-0.2, 0) is 8.53 Å². The molecule has 0 spiro atoms. The van der Waals surface area contributed by atoms with Crippen molar-refractivity contribution in [3.05, 3.63) is 22.8 Å². The predicted octanol–water partition coefficient (Wildman–Crippen LogP) is 3.98. The van der Waals surface area contributed by atoms with Crippen molar-refractivity contribution in [2.45, 2.75) is 10.7 Å². The Morgan fingerprint density at radius 1 is 1.24 bits per heavy atom. The second-order valence-electron chi connectivity index (χ2n) is 3.06. The van der Waals surface area contributed by atoms with Crippen LogP contribution >= 0.6 is 46.4 Å². The SMILES string of the molecule is CCOCCOc1cc(C(Cl)(Cl)Cl)cc(Cl)n1. The van der Waals surface area contributed by atoms with Crippen LogP contribution in [0.25, 0.3) is 0 Å². The molecule has 0 bridgehead atoms. The van der Waals surface area contributed by atoms with E-state index in [0.29, 0.717) is 31.3 Å². The van der Waals surface area contributed by atoms with E-state index in [-0.39, 0.29) is 5.15 Å². The minimum atomic E-state index is -1.55. The first-order chi connectivity index (χ1) is 7.93. The first kappa shape index (κ1) is 15.1. The van der Waals surface area contributed by atoms with Crippen molar-refractivity contribution in [1.82, 2.24) is 4.98 Å². The number of hydrogen-bond acceptors (Lipinski definition) is 3. The molecule has 0 amide bonds. The first-order valence-electron chi connectivity index (χ1n) is 4.89. The summed E-state index contributed by atoms with van der Waals surface area (Å²) < 4.78 is 8.90. The summed E-state index contributed by atoms with van der Waals surface area (Å²) in [6.07, 6.45) is 0. The first-order valence-corrected chi connectivity index (χ1v) is 6.40. The van der Waals surface area contributed by atoms with Gasteiger partial charge in [0.15, 0.2) is 0 Å². The molecule has 3 nitrogen and oxygen atoms in total. The lowest BCUT2D eigenvalue weighted by Crippen LogP contribution is -2.08. The third kappa shape index (κ3) is 5.49. The van der Waals surface area contributed by atoms with Crippen LogP contribution in [0.3, 0.4) is 0 Å². The molecular formula is C10H11Cl4NO2. The van der Waals surface area contributed by atoms with Crippen LogP contribution in [0.5, 0.6) is 5.88 Å². The summed E-state index contributed by atoms with van der Waals surface area (Å²) in [6.45, 7) is 3.36. The molecule has 7 heteroatoms. The second-order valence-corrected chi connectivity index (χ2v) is 5.73. The van der Waals surface area contributed by atoms with Gasteiger partial charge in [-0.2, -0.15) is 0 Å². The van der Waals surface area contributed by atoms with Crippen molar-refractivity contribution in [3.63, 3.8) is 0 Å². The van der Waals surface area contributed by atoms with E-state index >= 15 is 0 Å². The molecular weight excluding hydrogens is 308 g/mol. The zero-order valence-corrected chi connectivity index (χ0v) is 12.1. The van der Waals surface area contributed by atoms with Crippen molar-refractivity contribution in [1.29, 1.82) is 0 Å². The second kappa shape index (κ2) is 6.86. The quantitative estimate of drug-likeness (QED) is 0.467. The Hall–Kier alpha value is 0.0700. The van der Waals surface area contributed by atoms with Gasteiger partial charge < -0.3 is 9.47 Å². The molecule has 0 saturated heterocycles. The minimum Gasteiger partial charge on any atom is -0.475 e. The van der Waals surface area contributed by atoms with Crippen LogP contribution in [0.2, 0.25) is 5.15 Å². The highest BCUT2D eigenvalue weighted by atomic mass is 35.6. The van der Waals surface area contributed by atoms with Crippen molar-refractivity contribution in [3.8, 4) is 5.88 Å². The van der Waals surface area contributed by atoms with E-state index < -0.39 is 3.79 Å². The fourth-order valence-electron chi connectivity index (χ4n) is 1.06. The third-order valence-corrected chi connectivity index (χ3v) is 2.63. The van der Waals surface area contributed by atoms with E-state index in [1.165, 1.54) is 12.1 Å². The number of ether oxygens (including phenoxy) is 2. The highest BCUT2D eigenvalue weighted by Gasteiger charge is 2.24. The maximum absolute atomic E-state index is 5.80. The average Bonchev–Trinajstić information content (AvgIpc) is 2.22. The molecule has 0 aliphatic carbocycles. The van der Waals surface area contributed by atoms with E-state index in [2.05, 4.69) is 4.98 Å². The van der Waals surface area contributed by atoms with Gasteiger partial charge >= 0.3 is 0 Å². The number of pyridine rings is 1. The molecule has 0 saturated carbocycles. The molecule has 0 aromatic carbocycles. The summed E-state index contributed by atoms with van der Waals surface area (Å²) in [5.41, 5.74) is 0.411. The van der Waals surface area contributed by atoms with Crippen molar-refractivity contribution in [2.75, 3.05) is 19.8 Å². The summed E-state index contributed by atoms with van der Waals surface area (Å²) in [5, 5.41) is 0.209. The van der Waals surface area contributed by atoms with Crippen LogP contribution in [0.4, 0.5) is 0 Å². The van der Waals surface area contributed by atoms with Crippen LogP contribution < -0.4 is 4.74 Å². The average molecular weight is 319 g/mol. The molecule has 96 valence electrons. The van der Waals surface area contributed by atoms with E-state index in [0.717, 1.165) is 0 Å². The molecule has 0 atom stereocenters. The number of nitrogens with zero attached hydrogens (tertiary/aromatic N) is 1. The maximum Gasteiger partial charge on any atom is 0.216 e. The van der Waals surface area contributed by atoms with Crippen LogP contribution in [-0.4, -0.2) is 24.8 Å². The summed E-state index contributed by atoms with van der Waals surface area (Å²) >= 11 is 23.0. The monoisotopic (exact) mass is 317 g/mol. The van der Waals surface area contributed by atoms with Crippen LogP contribution in [0.15, 0.2) is 12.1 Å². The molecule has 0 radical (unpaired) electrons. The van der Waals surface area contributed by atoms with Gasteiger partial charge in [0.1, 0.15) is 11.8 Å². The Morgan fingerprint density at radius 2 is 1.94 bits per heavy atom. The highest BCUT2D eigenvalue weighted by Crippen LogP contribution is 2.39. The molecule has 0 N–H and O–H groups in total. The normalized spacial score (nSPS) is 11.6. The summed E-state index contributed by atoms with van der Waals surface area (Å²) in [4.78, 5) is 3.96. The largest absolute Gasteiger partial charge is 0.475 e. The fourth-order valence-corrected chi connectivity index (χ4v) is 1.59. The van der Waals surface area contributed by atoms with Crippen LogP contribution in [0.1, 0.15) is 12.5 Å². The van der Waals surface area contributed by atoms with Gasteiger partial charge in [-0.15, -0.1) is 0 Å². The Morgan fingerprint density at radius 3 is 2.53 bits per heavy atom. The van der Waals surface area contributed by atoms with Crippen molar-refractivity contribution < 1.29 is 9.47 Å². The Kier molecular flexibility index (Phi) is 6.10. The topological polar surface area (TPSA) is 31.4 Å². The van der Waals surface area contributed by atoms with Gasteiger partial charge in [-0.1, -0.05) is 46.4 Å². The molecule has 0 fully saturated rings. The number of hydrogen-bond donors (Lipinski definition) is 0. The molecule has 1 heterocycles. The van der Waals surface area contributed by atoms with Gasteiger partial charge in [-0.3, -0.25) is 0 Å². The Labute approximate surface area is 120 Å². The zero-order chi connectivity index (χ0) is 12.9. The summed E-state index contributed by atoms with van der Waals surface area (Å²) in [6, 6.07) is 3.01. The standard InChI is InChI=1S/C10H11Cl4NO2/c1-2-16-3-4-17-9-6-7(10(12,13)14)5-8(11)15-9/h5-6H,2-4H2,1H3. The zero-order valence-electron chi connectivity index (χ0n) is 9.05. The van der Waals surface area contributed by atoms with Gasteiger partial charge in [0.05, 0.1) is 6.61 Å². The molecule has 0 aliphatic heterocycles. The van der Waals surface area contributed by atoms with E-state index in [1.54, 1.807) is 0 Å². The number of aromatic nitrogens is 1. The molecule has 1 aromatic heterocycles. The van der Waals surface area contributed by atoms with E-state index in [4.69, 9.17) is 55.9 Å². The van der Waals surface area contributed by atoms with Crippen molar-refractivity contribution >= 4 is 46.4 Å². The maximum atomic E-state index is 5.80.